The smallest absolute Gasteiger partial charge is 0.260 e. The van der Waals surface area contributed by atoms with Crippen LogP contribution >= 0.6 is 11.6 Å². The Bertz CT molecular complexity index is 996. The lowest BCUT2D eigenvalue weighted by atomic mass is 10.2. The Hall–Kier alpha value is -2.27. The summed E-state index contributed by atoms with van der Waals surface area (Å²) in [7, 11) is -2.56. The van der Waals surface area contributed by atoms with Gasteiger partial charge in [-0.1, -0.05) is 11.6 Å². The molecule has 1 aliphatic rings. The lowest BCUT2D eigenvalue weighted by Gasteiger charge is -2.14. The van der Waals surface area contributed by atoms with Crippen molar-refractivity contribution in [2.24, 2.45) is 0 Å². The predicted molar refractivity (Wildman–Crippen MR) is 99.7 cm³/mol. The van der Waals surface area contributed by atoms with E-state index in [2.05, 4.69) is 15.0 Å². The van der Waals surface area contributed by atoms with E-state index in [4.69, 9.17) is 21.1 Å². The van der Waals surface area contributed by atoms with Crippen LogP contribution in [0.1, 0.15) is 16.8 Å². The van der Waals surface area contributed by atoms with Crippen molar-refractivity contribution < 1.29 is 27.1 Å². The van der Waals surface area contributed by atoms with E-state index in [9.17, 15) is 17.6 Å². The Morgan fingerprint density at radius 3 is 2.82 bits per heavy atom. The third-order valence-electron chi connectivity index (χ3n) is 4.02. The number of nitrogens with zero attached hydrogens (tertiary/aromatic N) is 1. The zero-order chi connectivity index (χ0) is 20.3. The van der Waals surface area contributed by atoms with Crippen LogP contribution in [0.3, 0.4) is 0 Å². The van der Waals surface area contributed by atoms with Gasteiger partial charge in [-0.3, -0.25) is 4.79 Å². The number of sulfonamides is 1. The van der Waals surface area contributed by atoms with Crippen LogP contribution in [0.2, 0.25) is 5.02 Å². The topological polar surface area (TPSA) is 107 Å². The Morgan fingerprint density at radius 2 is 2.18 bits per heavy atom. The van der Waals surface area contributed by atoms with Crippen LogP contribution in [0, 0.1) is 5.82 Å². The maximum absolute atomic E-state index is 13.9. The molecule has 0 aliphatic carbocycles. The van der Waals surface area contributed by atoms with Crippen molar-refractivity contribution >= 4 is 33.3 Å². The van der Waals surface area contributed by atoms with E-state index in [1.54, 1.807) is 0 Å². The Labute approximate surface area is 166 Å². The molecule has 0 saturated carbocycles. The quantitative estimate of drug-likeness (QED) is 0.729. The van der Waals surface area contributed by atoms with Gasteiger partial charge in [0.15, 0.2) is 11.6 Å². The van der Waals surface area contributed by atoms with E-state index in [0.29, 0.717) is 13.0 Å². The first-order valence-electron chi connectivity index (χ1n) is 8.20. The zero-order valence-electron chi connectivity index (χ0n) is 14.7. The predicted octanol–water partition coefficient (Wildman–Crippen LogP) is 2.20. The average Bonchev–Trinajstić information content (AvgIpc) is 3.15. The van der Waals surface area contributed by atoms with E-state index in [1.807, 2.05) is 0 Å². The first-order chi connectivity index (χ1) is 13.3. The highest BCUT2D eigenvalue weighted by Gasteiger charge is 2.25. The number of methoxy groups -OCH3 is 1. The third-order valence-corrected chi connectivity index (χ3v) is 5.74. The van der Waals surface area contributed by atoms with Crippen molar-refractivity contribution in [3.05, 3.63) is 46.9 Å². The van der Waals surface area contributed by atoms with Crippen LogP contribution < -0.4 is 14.8 Å². The number of ether oxygens (including phenoxy) is 2. The summed E-state index contributed by atoms with van der Waals surface area (Å²) in [6.07, 6.45) is 1.73. The Balaban J connectivity index is 1.88. The molecule has 2 aromatic rings. The summed E-state index contributed by atoms with van der Waals surface area (Å²) in [6, 6.07) is 4.47. The molecular formula is C17H17ClFN3O5S. The molecule has 0 bridgehead atoms. The van der Waals surface area contributed by atoms with E-state index in [0.717, 1.165) is 12.1 Å². The van der Waals surface area contributed by atoms with Gasteiger partial charge in [0.25, 0.3) is 5.91 Å². The number of halogens is 2. The normalized spacial score (nSPS) is 16.8. The molecule has 11 heteroatoms. The Kier molecular flexibility index (Phi) is 6.14. The maximum Gasteiger partial charge on any atom is 0.260 e. The summed E-state index contributed by atoms with van der Waals surface area (Å²) in [5.74, 6) is -1.83. The highest BCUT2D eigenvalue weighted by Crippen LogP contribution is 2.25. The minimum Gasteiger partial charge on any atom is -0.496 e. The molecule has 3 rings (SSSR count). The molecule has 28 heavy (non-hydrogen) atoms. The summed E-state index contributed by atoms with van der Waals surface area (Å²) in [4.78, 5) is 16.2. The lowest BCUT2D eigenvalue weighted by molar-refractivity contribution is 0.102. The third kappa shape index (κ3) is 4.58. The van der Waals surface area contributed by atoms with E-state index in [-0.39, 0.29) is 39.7 Å². The fraction of sp³-hybridized carbons (Fsp3) is 0.294. The lowest BCUT2D eigenvalue weighted by Crippen LogP contribution is -2.35. The molecular weight excluding hydrogens is 413 g/mol. The monoisotopic (exact) mass is 429 g/mol. The van der Waals surface area contributed by atoms with Crippen molar-refractivity contribution in [3.8, 4) is 5.75 Å². The first kappa shape index (κ1) is 20.5. The molecule has 1 aromatic heterocycles. The number of benzene rings is 1. The molecule has 2 heterocycles. The van der Waals surface area contributed by atoms with Crippen LogP contribution in [0.5, 0.6) is 5.75 Å². The molecule has 1 fully saturated rings. The van der Waals surface area contributed by atoms with Crippen molar-refractivity contribution in [1.82, 2.24) is 9.71 Å². The molecule has 1 aromatic carbocycles. The number of anilines is 1. The molecule has 0 unspecified atom stereocenters. The largest absolute Gasteiger partial charge is 0.496 e. The van der Waals surface area contributed by atoms with Gasteiger partial charge in [-0.2, -0.15) is 0 Å². The van der Waals surface area contributed by atoms with Gasteiger partial charge in [-0.15, -0.1) is 0 Å². The van der Waals surface area contributed by atoms with Crippen LogP contribution in [0.4, 0.5) is 10.2 Å². The second kappa shape index (κ2) is 8.39. The molecule has 2 N–H and O–H groups in total. The van der Waals surface area contributed by atoms with E-state index < -0.39 is 21.7 Å². The summed E-state index contributed by atoms with van der Waals surface area (Å²) in [5, 5.41) is 2.35. The number of amides is 1. The van der Waals surface area contributed by atoms with Gasteiger partial charge < -0.3 is 14.8 Å². The van der Waals surface area contributed by atoms with Crippen molar-refractivity contribution in [2.45, 2.75) is 17.4 Å². The Morgan fingerprint density at radius 1 is 1.39 bits per heavy atom. The number of pyridine rings is 1. The molecule has 0 spiro atoms. The average molecular weight is 430 g/mol. The van der Waals surface area contributed by atoms with Gasteiger partial charge >= 0.3 is 0 Å². The van der Waals surface area contributed by atoms with Gasteiger partial charge in [0.1, 0.15) is 5.75 Å². The summed E-state index contributed by atoms with van der Waals surface area (Å²) in [6.45, 7) is 0.757. The molecule has 1 saturated heterocycles. The fourth-order valence-electron chi connectivity index (χ4n) is 2.63. The SMILES string of the molecule is COc1ccc(S(=O)(=O)N[C@H]2CCOC2)cc1C(=O)Nc1ncc(Cl)cc1F. The molecule has 150 valence electrons. The first-order valence-corrected chi connectivity index (χ1v) is 10.1. The van der Waals surface area contributed by atoms with Crippen molar-refractivity contribution in [2.75, 3.05) is 25.6 Å². The van der Waals surface area contributed by atoms with Crippen LogP contribution in [-0.4, -0.2) is 45.7 Å². The van der Waals surface area contributed by atoms with Gasteiger partial charge in [0.05, 0.1) is 29.2 Å². The van der Waals surface area contributed by atoms with Gasteiger partial charge in [0, 0.05) is 18.8 Å². The van der Waals surface area contributed by atoms with Gasteiger partial charge in [-0.05, 0) is 30.7 Å². The highest BCUT2D eigenvalue weighted by molar-refractivity contribution is 7.89. The number of nitrogens with one attached hydrogen (secondary N) is 2. The molecule has 1 atom stereocenters. The number of carbonyl (C=O) groups is 1. The second-order valence-electron chi connectivity index (χ2n) is 5.98. The highest BCUT2D eigenvalue weighted by atomic mass is 35.5. The van der Waals surface area contributed by atoms with Crippen LogP contribution in [0.15, 0.2) is 35.4 Å². The van der Waals surface area contributed by atoms with Crippen LogP contribution in [-0.2, 0) is 14.8 Å². The molecule has 1 amide bonds. The zero-order valence-corrected chi connectivity index (χ0v) is 16.3. The summed E-state index contributed by atoms with van der Waals surface area (Å²) < 4.78 is 51.9. The minimum atomic E-state index is -3.88. The number of rotatable bonds is 6. The number of aromatic nitrogens is 1. The number of carbonyl (C=O) groups excluding carboxylic acids is 1. The van der Waals surface area contributed by atoms with E-state index in [1.165, 1.54) is 25.4 Å². The molecule has 8 nitrogen and oxygen atoms in total. The second-order valence-corrected chi connectivity index (χ2v) is 8.13. The summed E-state index contributed by atoms with van der Waals surface area (Å²) >= 11 is 5.64. The number of hydrogen-bond acceptors (Lipinski definition) is 6. The maximum atomic E-state index is 13.9. The van der Waals surface area contributed by atoms with Crippen LogP contribution in [0.25, 0.3) is 0 Å². The molecule has 0 radical (unpaired) electrons. The van der Waals surface area contributed by atoms with E-state index >= 15 is 0 Å². The standard InChI is InChI=1S/C17H17ClFN3O5S/c1-26-15-3-2-12(28(24,25)22-11-4-5-27-9-11)7-13(15)17(23)21-16-14(19)6-10(18)8-20-16/h2-3,6-8,11,22H,4-5,9H2,1H3,(H,20,21,23)/t11-/m0/s1. The van der Waals surface area contributed by atoms with Crippen molar-refractivity contribution in [1.29, 1.82) is 0 Å². The van der Waals surface area contributed by atoms with Crippen molar-refractivity contribution in [3.63, 3.8) is 0 Å². The summed E-state index contributed by atoms with van der Waals surface area (Å²) in [5.41, 5.74) is -0.0933. The number of hydrogen-bond donors (Lipinski definition) is 2. The molecule has 1 aliphatic heterocycles. The fourth-order valence-corrected chi connectivity index (χ4v) is 4.05. The minimum absolute atomic E-state index is 0.0723. The van der Waals surface area contributed by atoms with Gasteiger partial charge in [0.2, 0.25) is 10.0 Å². The van der Waals surface area contributed by atoms with Gasteiger partial charge in [-0.25, -0.2) is 22.5 Å².